The molecule has 2 aromatic rings. The van der Waals surface area contributed by atoms with Gasteiger partial charge in [0.1, 0.15) is 0 Å². The Morgan fingerprint density at radius 2 is 1.58 bits per heavy atom. The molecule has 0 aliphatic heterocycles. The van der Waals surface area contributed by atoms with E-state index in [2.05, 4.69) is 36.7 Å². The SMILES string of the molecule is CN(Cc1ccccc1Br)C(=O)C(=O)c1ccc(C(C)(C)C)cc1. The Kier molecular flexibility index (Phi) is 5.60. The monoisotopic (exact) mass is 387 g/mol. The van der Waals surface area contributed by atoms with Gasteiger partial charge in [0.15, 0.2) is 0 Å². The highest BCUT2D eigenvalue weighted by molar-refractivity contribution is 9.10. The number of nitrogens with zero attached hydrogens (tertiary/aromatic N) is 1. The summed E-state index contributed by atoms with van der Waals surface area (Å²) in [6, 6.07) is 14.9. The van der Waals surface area contributed by atoms with E-state index in [0.717, 1.165) is 15.6 Å². The molecule has 4 heteroatoms. The summed E-state index contributed by atoms with van der Waals surface area (Å²) >= 11 is 3.46. The van der Waals surface area contributed by atoms with Crippen LogP contribution in [0.15, 0.2) is 53.0 Å². The van der Waals surface area contributed by atoms with Crippen molar-refractivity contribution in [3.05, 3.63) is 69.7 Å². The van der Waals surface area contributed by atoms with E-state index in [4.69, 9.17) is 0 Å². The lowest BCUT2D eigenvalue weighted by atomic mass is 9.86. The number of carbonyl (C=O) groups excluding carboxylic acids is 2. The van der Waals surface area contributed by atoms with E-state index in [0.29, 0.717) is 12.1 Å². The maximum absolute atomic E-state index is 12.4. The molecule has 0 unspecified atom stereocenters. The summed E-state index contributed by atoms with van der Waals surface area (Å²) in [5.41, 5.74) is 2.53. The van der Waals surface area contributed by atoms with Crippen molar-refractivity contribution in [1.82, 2.24) is 4.90 Å². The molecule has 0 saturated heterocycles. The van der Waals surface area contributed by atoms with Gasteiger partial charge in [-0.2, -0.15) is 0 Å². The predicted molar refractivity (Wildman–Crippen MR) is 100 cm³/mol. The van der Waals surface area contributed by atoms with Crippen molar-refractivity contribution in [2.45, 2.75) is 32.7 Å². The first-order valence-electron chi connectivity index (χ1n) is 7.84. The van der Waals surface area contributed by atoms with E-state index in [1.165, 1.54) is 4.90 Å². The van der Waals surface area contributed by atoms with Gasteiger partial charge in [-0.25, -0.2) is 0 Å². The van der Waals surface area contributed by atoms with Gasteiger partial charge >= 0.3 is 0 Å². The maximum Gasteiger partial charge on any atom is 0.295 e. The molecule has 24 heavy (non-hydrogen) atoms. The van der Waals surface area contributed by atoms with Gasteiger partial charge in [-0.1, -0.05) is 79.2 Å². The zero-order chi connectivity index (χ0) is 17.9. The van der Waals surface area contributed by atoms with Gasteiger partial charge in [-0.05, 0) is 22.6 Å². The van der Waals surface area contributed by atoms with E-state index in [9.17, 15) is 9.59 Å². The molecule has 0 atom stereocenters. The topological polar surface area (TPSA) is 37.4 Å². The first-order valence-corrected chi connectivity index (χ1v) is 8.63. The average Bonchev–Trinajstić information content (AvgIpc) is 2.55. The van der Waals surface area contributed by atoms with Gasteiger partial charge in [-0.15, -0.1) is 0 Å². The van der Waals surface area contributed by atoms with Gasteiger partial charge in [0, 0.05) is 23.6 Å². The second kappa shape index (κ2) is 7.31. The summed E-state index contributed by atoms with van der Waals surface area (Å²) in [7, 11) is 1.64. The van der Waals surface area contributed by atoms with E-state index in [-0.39, 0.29) is 5.41 Å². The Morgan fingerprint density at radius 3 is 2.12 bits per heavy atom. The molecular formula is C20H22BrNO2. The Labute approximate surface area is 151 Å². The van der Waals surface area contributed by atoms with E-state index in [1.807, 2.05) is 36.4 Å². The third-order valence-corrected chi connectivity index (χ3v) is 4.69. The minimum Gasteiger partial charge on any atom is -0.334 e. The van der Waals surface area contributed by atoms with Crippen molar-refractivity contribution >= 4 is 27.6 Å². The maximum atomic E-state index is 12.4. The largest absolute Gasteiger partial charge is 0.334 e. The fourth-order valence-corrected chi connectivity index (χ4v) is 2.78. The predicted octanol–water partition coefficient (Wildman–Crippen LogP) is 4.59. The lowest BCUT2D eigenvalue weighted by Gasteiger charge is -2.20. The lowest BCUT2D eigenvalue weighted by Crippen LogP contribution is -2.33. The van der Waals surface area contributed by atoms with Crippen LogP contribution in [0.3, 0.4) is 0 Å². The van der Waals surface area contributed by atoms with E-state index < -0.39 is 11.7 Å². The summed E-state index contributed by atoms with van der Waals surface area (Å²) in [4.78, 5) is 26.3. The van der Waals surface area contributed by atoms with Gasteiger partial charge in [-0.3, -0.25) is 9.59 Å². The van der Waals surface area contributed by atoms with Gasteiger partial charge < -0.3 is 4.90 Å². The molecule has 2 aromatic carbocycles. The number of halogens is 1. The van der Waals surface area contributed by atoms with Gasteiger partial charge in [0.25, 0.3) is 5.91 Å². The highest BCUT2D eigenvalue weighted by Gasteiger charge is 2.22. The molecule has 0 N–H and O–H groups in total. The van der Waals surface area contributed by atoms with Crippen molar-refractivity contribution in [2.75, 3.05) is 7.05 Å². The fourth-order valence-electron chi connectivity index (χ4n) is 2.37. The highest BCUT2D eigenvalue weighted by Crippen LogP contribution is 2.22. The molecule has 0 aliphatic carbocycles. The van der Waals surface area contributed by atoms with Crippen LogP contribution in [-0.4, -0.2) is 23.6 Å². The van der Waals surface area contributed by atoms with Crippen LogP contribution in [0.4, 0.5) is 0 Å². The lowest BCUT2D eigenvalue weighted by molar-refractivity contribution is -0.125. The van der Waals surface area contributed by atoms with Crippen LogP contribution < -0.4 is 0 Å². The van der Waals surface area contributed by atoms with Crippen molar-refractivity contribution in [3.8, 4) is 0 Å². The molecule has 0 heterocycles. The first-order chi connectivity index (χ1) is 11.2. The summed E-state index contributed by atoms with van der Waals surface area (Å²) in [6.45, 7) is 6.72. The minimum absolute atomic E-state index is 0.0158. The molecular weight excluding hydrogens is 366 g/mol. The number of likely N-dealkylation sites (N-methyl/N-ethyl adjacent to an activating group) is 1. The Morgan fingerprint density at radius 1 is 1.00 bits per heavy atom. The number of benzene rings is 2. The van der Waals surface area contributed by atoms with Crippen molar-refractivity contribution in [2.24, 2.45) is 0 Å². The quantitative estimate of drug-likeness (QED) is 0.568. The van der Waals surface area contributed by atoms with Crippen molar-refractivity contribution in [3.63, 3.8) is 0 Å². The van der Waals surface area contributed by atoms with Crippen molar-refractivity contribution in [1.29, 1.82) is 0 Å². The molecule has 126 valence electrons. The third-order valence-electron chi connectivity index (χ3n) is 3.92. The second-order valence-electron chi connectivity index (χ2n) is 6.91. The molecule has 0 bridgehead atoms. The highest BCUT2D eigenvalue weighted by atomic mass is 79.9. The standard InChI is InChI=1S/C20H22BrNO2/c1-20(2,3)16-11-9-14(10-12-16)18(23)19(24)22(4)13-15-7-5-6-8-17(15)21/h5-12H,13H2,1-4H3. The molecule has 0 aliphatic rings. The second-order valence-corrected chi connectivity index (χ2v) is 7.76. The number of ketones is 1. The van der Waals surface area contributed by atoms with Crippen LogP contribution in [0.25, 0.3) is 0 Å². The minimum atomic E-state index is -0.505. The van der Waals surface area contributed by atoms with E-state index in [1.54, 1.807) is 19.2 Å². The van der Waals surface area contributed by atoms with Crippen LogP contribution in [-0.2, 0) is 16.8 Å². The summed E-state index contributed by atoms with van der Waals surface area (Å²) < 4.78 is 0.923. The summed E-state index contributed by atoms with van der Waals surface area (Å²) in [5, 5.41) is 0. The molecule has 0 spiro atoms. The first kappa shape index (κ1) is 18.4. The number of carbonyl (C=O) groups is 2. The van der Waals surface area contributed by atoms with Crippen LogP contribution in [0.1, 0.15) is 42.3 Å². The summed E-state index contributed by atoms with van der Waals surface area (Å²) in [5.74, 6) is -0.987. The molecule has 1 amide bonds. The Bertz CT molecular complexity index is 745. The van der Waals surface area contributed by atoms with Crippen LogP contribution in [0.5, 0.6) is 0 Å². The smallest absolute Gasteiger partial charge is 0.295 e. The van der Waals surface area contributed by atoms with Crippen LogP contribution >= 0.6 is 15.9 Å². The number of hydrogen-bond donors (Lipinski definition) is 0. The fraction of sp³-hybridized carbons (Fsp3) is 0.300. The normalized spacial score (nSPS) is 11.2. The molecule has 0 saturated carbocycles. The molecule has 2 rings (SSSR count). The zero-order valence-electron chi connectivity index (χ0n) is 14.5. The van der Waals surface area contributed by atoms with Gasteiger partial charge in [0.05, 0.1) is 0 Å². The third kappa shape index (κ3) is 4.32. The number of amides is 1. The molecule has 3 nitrogen and oxygen atoms in total. The zero-order valence-corrected chi connectivity index (χ0v) is 16.1. The number of Topliss-reactive ketones (excluding diaryl/α,β-unsaturated/α-hetero) is 1. The van der Waals surface area contributed by atoms with Crippen LogP contribution in [0, 0.1) is 0 Å². The van der Waals surface area contributed by atoms with Crippen molar-refractivity contribution < 1.29 is 9.59 Å². The Hall–Kier alpha value is -1.94. The van der Waals surface area contributed by atoms with Gasteiger partial charge in [0.2, 0.25) is 5.78 Å². The number of rotatable bonds is 4. The number of hydrogen-bond acceptors (Lipinski definition) is 2. The molecule has 0 radical (unpaired) electrons. The van der Waals surface area contributed by atoms with E-state index >= 15 is 0 Å². The average molecular weight is 388 g/mol. The molecule has 0 fully saturated rings. The molecule has 0 aromatic heterocycles. The van der Waals surface area contributed by atoms with Crippen LogP contribution in [0.2, 0.25) is 0 Å². The Balaban J connectivity index is 2.11. The summed E-state index contributed by atoms with van der Waals surface area (Å²) in [6.07, 6.45) is 0.